The number of fused-ring (bicyclic) bond motifs is 1. The van der Waals surface area contributed by atoms with Crippen molar-refractivity contribution < 1.29 is 22.7 Å². The van der Waals surface area contributed by atoms with Gasteiger partial charge in [0.25, 0.3) is 5.44 Å². The molecule has 0 saturated carbocycles. The fourth-order valence-corrected chi connectivity index (χ4v) is 1.74. The van der Waals surface area contributed by atoms with Crippen LogP contribution in [0.15, 0.2) is 24.3 Å². The summed E-state index contributed by atoms with van der Waals surface area (Å²) in [4.78, 5) is 8.95. The molecule has 0 amide bonds. The van der Waals surface area contributed by atoms with Crippen LogP contribution in [-0.4, -0.2) is 8.42 Å². The highest BCUT2D eigenvalue weighted by Gasteiger charge is 2.37. The summed E-state index contributed by atoms with van der Waals surface area (Å²) in [6.45, 7) is 0. The van der Waals surface area contributed by atoms with Gasteiger partial charge in [0, 0.05) is 5.56 Å². The molecule has 1 atom stereocenters. The average molecular weight is 201 g/mol. The molecule has 1 radical (unpaired) electrons. The van der Waals surface area contributed by atoms with Gasteiger partial charge in [-0.2, -0.15) is 13.3 Å². The minimum absolute atomic E-state index is 0.248. The topological polar surface area (TPSA) is 72.5 Å². The summed E-state index contributed by atoms with van der Waals surface area (Å²) in [7, 11) is -4.51. The first-order valence-corrected chi connectivity index (χ1v) is 4.93. The second-order valence-electron chi connectivity index (χ2n) is 2.54. The highest BCUT2D eigenvalue weighted by atomic mass is 32.2. The Morgan fingerprint density at radius 1 is 1.23 bits per heavy atom. The van der Waals surface area contributed by atoms with Crippen LogP contribution in [0.2, 0.25) is 0 Å². The number of benzene rings is 1. The van der Waals surface area contributed by atoms with Crippen molar-refractivity contribution in [1.29, 1.82) is 0 Å². The summed E-state index contributed by atoms with van der Waals surface area (Å²) in [5, 5.41) is 0. The van der Waals surface area contributed by atoms with E-state index in [1.807, 2.05) is 0 Å². The molecule has 69 valence electrons. The summed E-state index contributed by atoms with van der Waals surface area (Å²) in [6.07, 6.45) is 0. The standard InChI is InChI=1S/C7H5O5S/c8-13(9,10)7-5-3-1-2-4-6(5)11-12-7/h1-4,7H. The van der Waals surface area contributed by atoms with Crippen molar-refractivity contribution in [3.63, 3.8) is 0 Å². The van der Waals surface area contributed by atoms with Gasteiger partial charge < -0.3 is 4.89 Å². The van der Waals surface area contributed by atoms with Gasteiger partial charge in [0.1, 0.15) is 0 Å². The van der Waals surface area contributed by atoms with E-state index >= 15 is 0 Å². The third-order valence-electron chi connectivity index (χ3n) is 1.66. The second kappa shape index (κ2) is 2.69. The maximum atomic E-state index is 10.6. The van der Waals surface area contributed by atoms with Crippen molar-refractivity contribution in [2.45, 2.75) is 5.44 Å². The van der Waals surface area contributed by atoms with Crippen LogP contribution in [0.3, 0.4) is 0 Å². The monoisotopic (exact) mass is 201 g/mol. The zero-order valence-corrected chi connectivity index (χ0v) is 7.15. The first-order valence-electron chi connectivity index (χ1n) is 3.46. The molecule has 0 bridgehead atoms. The molecule has 1 aromatic rings. The smallest absolute Gasteiger partial charge is 0.330 e. The number of rotatable bonds is 1. The first kappa shape index (κ1) is 8.49. The van der Waals surface area contributed by atoms with Gasteiger partial charge in [-0.25, -0.2) is 0 Å². The molecule has 0 aromatic heterocycles. The molecule has 1 aromatic carbocycles. The van der Waals surface area contributed by atoms with Gasteiger partial charge in [-0.05, 0) is 6.07 Å². The number of hydrogen-bond donors (Lipinski definition) is 0. The Morgan fingerprint density at radius 2 is 1.92 bits per heavy atom. The third-order valence-corrected chi connectivity index (χ3v) is 2.52. The van der Waals surface area contributed by atoms with Crippen LogP contribution in [0.25, 0.3) is 0 Å². The van der Waals surface area contributed by atoms with Gasteiger partial charge in [0.05, 0.1) is 0 Å². The van der Waals surface area contributed by atoms with Crippen LogP contribution in [-0.2, 0) is 19.6 Å². The van der Waals surface area contributed by atoms with Gasteiger partial charge in [-0.15, -0.1) is 0 Å². The van der Waals surface area contributed by atoms with Crippen molar-refractivity contribution in [1.82, 2.24) is 0 Å². The molecule has 5 nitrogen and oxygen atoms in total. The predicted molar refractivity (Wildman–Crippen MR) is 40.5 cm³/mol. The molecular weight excluding hydrogens is 196 g/mol. The molecule has 0 saturated heterocycles. The van der Waals surface area contributed by atoms with Gasteiger partial charge in [-0.3, -0.25) is 0 Å². The highest BCUT2D eigenvalue weighted by molar-refractivity contribution is 7.85. The fourth-order valence-electron chi connectivity index (χ4n) is 1.10. The van der Waals surface area contributed by atoms with E-state index in [9.17, 15) is 13.0 Å². The summed E-state index contributed by atoms with van der Waals surface area (Å²) >= 11 is 0. The summed E-state index contributed by atoms with van der Waals surface area (Å²) in [6, 6.07) is 6.26. The van der Waals surface area contributed by atoms with E-state index in [2.05, 4.69) is 9.78 Å². The Morgan fingerprint density at radius 3 is 2.62 bits per heavy atom. The van der Waals surface area contributed by atoms with Gasteiger partial charge in [0.15, 0.2) is 5.75 Å². The Labute approximate surface area is 74.6 Å². The predicted octanol–water partition coefficient (Wildman–Crippen LogP) is 0.770. The van der Waals surface area contributed by atoms with Crippen molar-refractivity contribution in [3.8, 4) is 5.75 Å². The molecule has 0 aliphatic carbocycles. The lowest BCUT2D eigenvalue weighted by atomic mass is 10.2. The van der Waals surface area contributed by atoms with Crippen molar-refractivity contribution in [3.05, 3.63) is 29.8 Å². The number of hydrogen-bond acceptors (Lipinski definition) is 4. The Balaban J connectivity index is 2.51. The highest BCUT2D eigenvalue weighted by Crippen LogP contribution is 2.37. The van der Waals surface area contributed by atoms with Gasteiger partial charge in [-0.1, -0.05) is 22.8 Å². The zero-order valence-electron chi connectivity index (χ0n) is 6.34. The maximum Gasteiger partial charge on any atom is 0.330 e. The van der Waals surface area contributed by atoms with E-state index in [1.54, 1.807) is 12.1 Å². The Bertz CT molecular complexity index is 424. The molecule has 13 heavy (non-hydrogen) atoms. The largest absolute Gasteiger partial charge is 0.335 e. The van der Waals surface area contributed by atoms with Crippen molar-refractivity contribution >= 4 is 10.1 Å². The zero-order chi connectivity index (χ0) is 9.47. The molecule has 0 N–H and O–H groups in total. The van der Waals surface area contributed by atoms with Crippen LogP contribution >= 0.6 is 0 Å². The minimum atomic E-state index is -4.51. The summed E-state index contributed by atoms with van der Waals surface area (Å²) in [5.74, 6) is 0.270. The lowest BCUT2D eigenvalue weighted by Crippen LogP contribution is -2.09. The molecule has 6 heteroatoms. The van der Waals surface area contributed by atoms with Crippen LogP contribution in [0.4, 0.5) is 0 Å². The molecule has 1 aliphatic rings. The van der Waals surface area contributed by atoms with Gasteiger partial charge >= 0.3 is 10.1 Å². The maximum absolute atomic E-state index is 10.6. The van der Waals surface area contributed by atoms with Crippen LogP contribution in [0.5, 0.6) is 5.75 Å². The molecule has 2 rings (SSSR count). The minimum Gasteiger partial charge on any atom is -0.335 e. The fraction of sp³-hybridized carbons (Fsp3) is 0.143. The molecule has 1 unspecified atom stereocenters. The Kier molecular flexibility index (Phi) is 1.76. The lowest BCUT2D eigenvalue weighted by molar-refractivity contribution is -0.201. The Hall–Kier alpha value is -1.11. The molecule has 0 spiro atoms. The summed E-state index contributed by atoms with van der Waals surface area (Å²) in [5.41, 5.74) is -1.29. The van der Waals surface area contributed by atoms with Crippen LogP contribution in [0, 0.1) is 0 Å². The van der Waals surface area contributed by atoms with E-state index in [-0.39, 0.29) is 11.3 Å². The van der Waals surface area contributed by atoms with Crippen LogP contribution < -0.4 is 4.89 Å². The first-order chi connectivity index (χ1) is 6.09. The molecule has 0 fully saturated rings. The number of para-hydroxylation sites is 1. The summed E-state index contributed by atoms with van der Waals surface area (Å²) < 4.78 is 31.9. The molecule has 1 aliphatic heterocycles. The van der Waals surface area contributed by atoms with Gasteiger partial charge in [0.2, 0.25) is 0 Å². The third kappa shape index (κ3) is 1.39. The average Bonchev–Trinajstić information content (AvgIpc) is 2.45. The van der Waals surface area contributed by atoms with Crippen molar-refractivity contribution in [2.75, 3.05) is 0 Å². The second-order valence-corrected chi connectivity index (χ2v) is 3.96. The van der Waals surface area contributed by atoms with E-state index < -0.39 is 15.6 Å². The normalized spacial score (nSPS) is 20.8. The molecule has 1 heterocycles. The lowest BCUT2D eigenvalue weighted by Gasteiger charge is -1.99. The molecular formula is C7H5O5S. The van der Waals surface area contributed by atoms with E-state index in [4.69, 9.17) is 0 Å². The van der Waals surface area contributed by atoms with E-state index in [1.165, 1.54) is 12.1 Å². The van der Waals surface area contributed by atoms with Crippen molar-refractivity contribution in [2.24, 2.45) is 0 Å². The quantitative estimate of drug-likeness (QED) is 0.629. The van der Waals surface area contributed by atoms with Crippen LogP contribution in [0.1, 0.15) is 11.0 Å². The van der Waals surface area contributed by atoms with E-state index in [0.717, 1.165) is 0 Å². The SMILES string of the molecule is [O]S(=O)(=O)C1OOc2ccccc21. The van der Waals surface area contributed by atoms with E-state index in [0.29, 0.717) is 0 Å².